The van der Waals surface area contributed by atoms with Gasteiger partial charge in [-0.2, -0.15) is 0 Å². The lowest BCUT2D eigenvalue weighted by Gasteiger charge is -2.71. The van der Waals surface area contributed by atoms with Crippen LogP contribution >= 0.6 is 0 Å². The molecule has 0 spiro atoms. The number of fused-ring (bicyclic) bond motifs is 7. The molecule has 0 amide bonds. The summed E-state index contributed by atoms with van der Waals surface area (Å²) in [6.45, 7) is 18.7. The SMILES string of the molecule is COC(=O)C1(C)CCC2(C)CCC3(C)C(=CCC4C5(C)CCC(OC(C)=O)C(C)(C)C5CCC43C)C2C1. The van der Waals surface area contributed by atoms with Gasteiger partial charge in [0.25, 0.3) is 0 Å². The van der Waals surface area contributed by atoms with E-state index >= 15 is 0 Å². The van der Waals surface area contributed by atoms with Crippen LogP contribution in [0.15, 0.2) is 11.6 Å². The van der Waals surface area contributed by atoms with Gasteiger partial charge in [-0.05, 0) is 111 Å². The van der Waals surface area contributed by atoms with Crippen molar-refractivity contribution in [3.8, 4) is 0 Å². The Hall–Kier alpha value is -1.32. The summed E-state index contributed by atoms with van der Waals surface area (Å²) in [5.41, 5.74) is 2.22. The Bertz CT molecular complexity index is 1010. The fourth-order valence-corrected chi connectivity index (χ4v) is 11.2. The van der Waals surface area contributed by atoms with Crippen molar-refractivity contribution in [1.29, 1.82) is 0 Å². The van der Waals surface area contributed by atoms with Crippen LogP contribution in [0.2, 0.25) is 0 Å². The van der Waals surface area contributed by atoms with Crippen molar-refractivity contribution in [2.45, 2.75) is 126 Å². The third-order valence-electron chi connectivity index (χ3n) is 13.8. The average Bonchev–Trinajstić information content (AvgIpc) is 2.82. The lowest BCUT2D eigenvalue weighted by Crippen LogP contribution is -2.64. The monoisotopic (exact) mass is 512 g/mol. The van der Waals surface area contributed by atoms with E-state index in [1.807, 2.05) is 0 Å². The van der Waals surface area contributed by atoms with Gasteiger partial charge < -0.3 is 9.47 Å². The molecular weight excluding hydrogens is 460 g/mol. The molecule has 37 heavy (non-hydrogen) atoms. The molecule has 4 saturated carbocycles. The fraction of sp³-hybridized carbons (Fsp3) is 0.879. The molecule has 0 bridgehead atoms. The molecule has 9 unspecified atom stereocenters. The number of ether oxygens (including phenoxy) is 2. The molecule has 0 aromatic heterocycles. The van der Waals surface area contributed by atoms with Gasteiger partial charge in [-0.3, -0.25) is 9.59 Å². The van der Waals surface area contributed by atoms with Crippen LogP contribution in [0.1, 0.15) is 120 Å². The van der Waals surface area contributed by atoms with Crippen LogP contribution in [0.5, 0.6) is 0 Å². The topological polar surface area (TPSA) is 52.6 Å². The summed E-state index contributed by atoms with van der Waals surface area (Å²) >= 11 is 0. The van der Waals surface area contributed by atoms with E-state index < -0.39 is 0 Å². The van der Waals surface area contributed by atoms with Crippen molar-refractivity contribution in [2.24, 2.45) is 50.2 Å². The maximum atomic E-state index is 12.9. The molecule has 5 rings (SSSR count). The maximum absolute atomic E-state index is 12.9. The van der Waals surface area contributed by atoms with E-state index in [-0.39, 0.29) is 50.5 Å². The highest BCUT2D eigenvalue weighted by Gasteiger charge is 2.68. The number of allylic oxidation sites excluding steroid dienone is 2. The summed E-state index contributed by atoms with van der Waals surface area (Å²) in [6.07, 6.45) is 13.9. The van der Waals surface area contributed by atoms with Gasteiger partial charge in [-0.15, -0.1) is 0 Å². The third-order valence-corrected chi connectivity index (χ3v) is 13.8. The summed E-state index contributed by atoms with van der Waals surface area (Å²) in [6, 6.07) is 0. The van der Waals surface area contributed by atoms with Crippen molar-refractivity contribution in [3.63, 3.8) is 0 Å². The van der Waals surface area contributed by atoms with Crippen LogP contribution in [-0.2, 0) is 19.1 Å². The van der Waals surface area contributed by atoms with Gasteiger partial charge in [0.15, 0.2) is 0 Å². The van der Waals surface area contributed by atoms with Crippen LogP contribution in [0.4, 0.5) is 0 Å². The zero-order chi connectivity index (χ0) is 27.2. The van der Waals surface area contributed by atoms with E-state index in [1.54, 1.807) is 19.6 Å². The zero-order valence-electron chi connectivity index (χ0n) is 25.1. The highest BCUT2D eigenvalue weighted by Crippen LogP contribution is 2.75. The molecular formula is C33H52O4. The summed E-state index contributed by atoms with van der Waals surface area (Å²) in [5.74, 6) is 1.48. The summed E-state index contributed by atoms with van der Waals surface area (Å²) in [5, 5.41) is 0. The van der Waals surface area contributed by atoms with Crippen molar-refractivity contribution >= 4 is 11.9 Å². The maximum Gasteiger partial charge on any atom is 0.311 e. The molecule has 0 aliphatic heterocycles. The number of hydrogen-bond donors (Lipinski definition) is 0. The number of hydrogen-bond acceptors (Lipinski definition) is 4. The molecule has 0 heterocycles. The summed E-state index contributed by atoms with van der Waals surface area (Å²) in [4.78, 5) is 24.8. The highest BCUT2D eigenvalue weighted by molar-refractivity contribution is 5.76. The Morgan fingerprint density at radius 2 is 1.54 bits per heavy atom. The van der Waals surface area contributed by atoms with E-state index in [0.29, 0.717) is 17.8 Å². The molecule has 5 aliphatic rings. The first-order chi connectivity index (χ1) is 17.1. The number of rotatable bonds is 2. The molecule has 0 aromatic carbocycles. The first-order valence-corrected chi connectivity index (χ1v) is 15.0. The van der Waals surface area contributed by atoms with E-state index in [0.717, 1.165) is 38.5 Å². The van der Waals surface area contributed by atoms with Crippen LogP contribution in [0.25, 0.3) is 0 Å². The quantitative estimate of drug-likeness (QED) is 0.279. The molecule has 4 heteroatoms. The van der Waals surface area contributed by atoms with Gasteiger partial charge in [0.1, 0.15) is 6.10 Å². The second-order valence-electron chi connectivity index (χ2n) is 15.7. The van der Waals surface area contributed by atoms with Gasteiger partial charge in [0.2, 0.25) is 0 Å². The van der Waals surface area contributed by atoms with Crippen LogP contribution in [0.3, 0.4) is 0 Å². The van der Waals surface area contributed by atoms with Crippen molar-refractivity contribution < 1.29 is 19.1 Å². The van der Waals surface area contributed by atoms with Crippen LogP contribution in [-0.4, -0.2) is 25.2 Å². The average molecular weight is 513 g/mol. The summed E-state index contributed by atoms with van der Waals surface area (Å²) < 4.78 is 11.2. The van der Waals surface area contributed by atoms with E-state index in [4.69, 9.17) is 9.47 Å². The van der Waals surface area contributed by atoms with Gasteiger partial charge in [0, 0.05) is 12.3 Å². The Kier molecular flexibility index (Phi) is 6.14. The Labute approximate surface area is 225 Å². The lowest BCUT2D eigenvalue weighted by atomic mass is 9.33. The summed E-state index contributed by atoms with van der Waals surface area (Å²) in [7, 11) is 1.55. The number of methoxy groups -OCH3 is 1. The first-order valence-electron chi connectivity index (χ1n) is 15.0. The minimum Gasteiger partial charge on any atom is -0.469 e. The second-order valence-corrected chi connectivity index (χ2v) is 15.7. The molecule has 4 nitrogen and oxygen atoms in total. The number of carbonyl (C=O) groups excluding carboxylic acids is 2. The zero-order valence-corrected chi connectivity index (χ0v) is 25.1. The van der Waals surface area contributed by atoms with Gasteiger partial charge in [0.05, 0.1) is 12.5 Å². The minimum atomic E-state index is -0.376. The second kappa shape index (κ2) is 8.34. The lowest BCUT2D eigenvalue weighted by molar-refractivity contribution is -0.212. The highest BCUT2D eigenvalue weighted by atomic mass is 16.5. The van der Waals surface area contributed by atoms with E-state index in [1.165, 1.54) is 25.7 Å². The smallest absolute Gasteiger partial charge is 0.311 e. The first kappa shape index (κ1) is 27.3. The Morgan fingerprint density at radius 1 is 0.865 bits per heavy atom. The molecule has 0 aromatic rings. The molecule has 208 valence electrons. The van der Waals surface area contributed by atoms with Crippen LogP contribution in [0, 0.1) is 50.2 Å². The van der Waals surface area contributed by atoms with E-state index in [9.17, 15) is 9.59 Å². The van der Waals surface area contributed by atoms with Gasteiger partial charge in [-0.25, -0.2) is 0 Å². The minimum absolute atomic E-state index is 0.0122. The van der Waals surface area contributed by atoms with Crippen molar-refractivity contribution in [1.82, 2.24) is 0 Å². The van der Waals surface area contributed by atoms with Gasteiger partial charge in [-0.1, -0.05) is 53.2 Å². The molecule has 0 N–H and O–H groups in total. The van der Waals surface area contributed by atoms with Gasteiger partial charge >= 0.3 is 11.9 Å². The van der Waals surface area contributed by atoms with Crippen LogP contribution < -0.4 is 0 Å². The standard InChI is InChI=1S/C33H52O4/c1-21(34)37-26-13-14-31(6)24(28(26,2)3)12-15-33(8)25(31)11-10-22-23-20-30(5,27(35)36-9)17-16-29(23,4)18-19-32(22,33)7/h10,23-26H,11-20H2,1-9H3. The number of carbonyl (C=O) groups is 2. The molecule has 9 atom stereocenters. The largest absolute Gasteiger partial charge is 0.469 e. The van der Waals surface area contributed by atoms with Crippen molar-refractivity contribution in [2.75, 3.05) is 7.11 Å². The predicted octanol–water partition coefficient (Wildman–Crippen LogP) is 7.89. The Balaban J connectivity index is 1.52. The third kappa shape index (κ3) is 3.58. The molecule has 0 radical (unpaired) electrons. The molecule has 4 fully saturated rings. The molecule has 5 aliphatic carbocycles. The van der Waals surface area contributed by atoms with E-state index in [2.05, 4.69) is 54.5 Å². The number of esters is 2. The van der Waals surface area contributed by atoms with Crippen molar-refractivity contribution in [3.05, 3.63) is 11.6 Å². The Morgan fingerprint density at radius 3 is 2.19 bits per heavy atom. The normalized spacial score (nSPS) is 50.4. The fourth-order valence-electron chi connectivity index (χ4n) is 11.2. The molecule has 0 saturated heterocycles. The predicted molar refractivity (Wildman–Crippen MR) is 147 cm³/mol.